The van der Waals surface area contributed by atoms with Gasteiger partial charge in [-0.1, -0.05) is 6.07 Å². The quantitative estimate of drug-likeness (QED) is 0.868. The van der Waals surface area contributed by atoms with Crippen LogP contribution in [0.25, 0.3) is 0 Å². The second-order valence-electron chi connectivity index (χ2n) is 5.14. The molecule has 1 aliphatic heterocycles. The van der Waals surface area contributed by atoms with Crippen LogP contribution in [0.5, 0.6) is 0 Å². The highest BCUT2D eigenvalue weighted by atomic mass is 32.1. The Morgan fingerprint density at radius 1 is 1.23 bits per heavy atom. The summed E-state index contributed by atoms with van der Waals surface area (Å²) in [7, 11) is 0. The first kappa shape index (κ1) is 15.1. The Morgan fingerprint density at radius 2 is 1.95 bits per heavy atom. The van der Waals surface area contributed by atoms with E-state index in [1.807, 2.05) is 41.5 Å². The Hall–Kier alpha value is -1.85. The molecule has 1 aromatic carbocycles. The zero-order valence-electron chi connectivity index (χ0n) is 12.7. The first-order valence-corrected chi connectivity index (χ1v) is 8.45. The molecule has 116 valence electrons. The number of nitrogens with zero attached hydrogens (tertiary/aromatic N) is 2. The zero-order chi connectivity index (χ0) is 15.4. The molecule has 5 heteroatoms. The van der Waals surface area contributed by atoms with Crippen molar-refractivity contribution in [3.8, 4) is 0 Å². The average molecular weight is 316 g/mol. The summed E-state index contributed by atoms with van der Waals surface area (Å²) in [5, 5.41) is 1.93. The number of carbonyl (C=O) groups is 1. The van der Waals surface area contributed by atoms with Crippen LogP contribution in [0.1, 0.15) is 16.6 Å². The van der Waals surface area contributed by atoms with Gasteiger partial charge in [0.25, 0.3) is 5.91 Å². The number of benzene rings is 1. The number of carbonyl (C=O) groups excluding carboxylic acids is 1. The standard InChI is InChI=1S/C17H20N2O2S/c1-2-19(17(20)16-4-3-13-22-16)15-7-5-14(6-8-15)18-9-11-21-12-10-18/h3-8,13H,2,9-12H2,1H3. The number of ether oxygens (including phenoxy) is 1. The predicted octanol–water partition coefficient (Wildman–Crippen LogP) is 3.25. The fourth-order valence-electron chi connectivity index (χ4n) is 2.64. The summed E-state index contributed by atoms with van der Waals surface area (Å²) in [6.45, 7) is 6.06. The number of morpholine rings is 1. The number of hydrogen-bond donors (Lipinski definition) is 0. The first-order valence-electron chi connectivity index (χ1n) is 7.57. The molecule has 1 aliphatic rings. The lowest BCUT2D eigenvalue weighted by molar-refractivity contribution is 0.0992. The van der Waals surface area contributed by atoms with Gasteiger partial charge in [-0.15, -0.1) is 11.3 Å². The Bertz CT molecular complexity index is 604. The van der Waals surface area contributed by atoms with Gasteiger partial charge in [0.05, 0.1) is 18.1 Å². The smallest absolute Gasteiger partial charge is 0.268 e. The molecule has 2 aromatic rings. The second-order valence-corrected chi connectivity index (χ2v) is 6.09. The summed E-state index contributed by atoms with van der Waals surface area (Å²) < 4.78 is 5.38. The number of thiophene rings is 1. The zero-order valence-corrected chi connectivity index (χ0v) is 13.5. The van der Waals surface area contributed by atoms with Gasteiger partial charge in [0.1, 0.15) is 0 Å². The summed E-state index contributed by atoms with van der Waals surface area (Å²) >= 11 is 1.48. The van der Waals surface area contributed by atoms with Crippen molar-refractivity contribution in [1.82, 2.24) is 0 Å². The summed E-state index contributed by atoms with van der Waals surface area (Å²) in [4.78, 5) is 17.4. The van der Waals surface area contributed by atoms with E-state index in [9.17, 15) is 4.79 Å². The lowest BCUT2D eigenvalue weighted by Crippen LogP contribution is -2.36. The molecule has 1 aromatic heterocycles. The average Bonchev–Trinajstić information content (AvgIpc) is 3.11. The largest absolute Gasteiger partial charge is 0.378 e. The Labute approximate surface area is 134 Å². The van der Waals surface area contributed by atoms with Crippen LogP contribution in [0.2, 0.25) is 0 Å². The molecule has 0 bridgehead atoms. The van der Waals surface area contributed by atoms with E-state index < -0.39 is 0 Å². The van der Waals surface area contributed by atoms with Crippen LogP contribution < -0.4 is 9.80 Å². The molecule has 1 fully saturated rings. The monoisotopic (exact) mass is 316 g/mol. The van der Waals surface area contributed by atoms with E-state index in [1.165, 1.54) is 17.0 Å². The van der Waals surface area contributed by atoms with Gasteiger partial charge in [-0.2, -0.15) is 0 Å². The Morgan fingerprint density at radius 3 is 2.55 bits per heavy atom. The fourth-order valence-corrected chi connectivity index (χ4v) is 3.31. The molecule has 3 rings (SSSR count). The van der Waals surface area contributed by atoms with Crippen LogP contribution in [0.3, 0.4) is 0 Å². The van der Waals surface area contributed by atoms with Crippen molar-refractivity contribution >= 4 is 28.6 Å². The maximum absolute atomic E-state index is 12.5. The van der Waals surface area contributed by atoms with E-state index in [2.05, 4.69) is 17.0 Å². The van der Waals surface area contributed by atoms with Crippen LogP contribution in [-0.4, -0.2) is 38.8 Å². The van der Waals surface area contributed by atoms with Crippen molar-refractivity contribution in [2.24, 2.45) is 0 Å². The third-order valence-electron chi connectivity index (χ3n) is 3.83. The maximum Gasteiger partial charge on any atom is 0.268 e. The topological polar surface area (TPSA) is 32.8 Å². The van der Waals surface area contributed by atoms with Crippen molar-refractivity contribution < 1.29 is 9.53 Å². The van der Waals surface area contributed by atoms with E-state index in [0.717, 1.165) is 36.9 Å². The van der Waals surface area contributed by atoms with Gasteiger partial charge in [-0.05, 0) is 42.6 Å². The highest BCUT2D eigenvalue weighted by Gasteiger charge is 2.17. The summed E-state index contributed by atoms with van der Waals surface area (Å²) in [6, 6.07) is 12.0. The van der Waals surface area contributed by atoms with Crippen molar-refractivity contribution in [3.63, 3.8) is 0 Å². The predicted molar refractivity (Wildman–Crippen MR) is 91.1 cm³/mol. The van der Waals surface area contributed by atoms with Gasteiger partial charge in [0.15, 0.2) is 0 Å². The molecule has 2 heterocycles. The molecule has 0 spiro atoms. The summed E-state index contributed by atoms with van der Waals surface area (Å²) in [5.74, 6) is 0.0663. The van der Waals surface area contributed by atoms with Crippen LogP contribution in [0.15, 0.2) is 41.8 Å². The van der Waals surface area contributed by atoms with Gasteiger partial charge < -0.3 is 14.5 Å². The third kappa shape index (κ3) is 3.15. The minimum atomic E-state index is 0.0663. The van der Waals surface area contributed by atoms with Crippen LogP contribution in [0, 0.1) is 0 Å². The van der Waals surface area contributed by atoms with Crippen LogP contribution in [-0.2, 0) is 4.74 Å². The molecule has 0 radical (unpaired) electrons. The third-order valence-corrected chi connectivity index (χ3v) is 4.69. The molecule has 0 aliphatic carbocycles. The molecular weight excluding hydrogens is 296 g/mol. The normalized spacial score (nSPS) is 14.9. The van der Waals surface area contributed by atoms with Gasteiger partial charge in [0.2, 0.25) is 0 Å². The van der Waals surface area contributed by atoms with Crippen molar-refractivity contribution in [2.45, 2.75) is 6.92 Å². The Kier molecular flexibility index (Phi) is 4.75. The molecule has 1 amide bonds. The minimum absolute atomic E-state index is 0.0663. The molecule has 0 N–H and O–H groups in total. The van der Waals surface area contributed by atoms with E-state index in [1.54, 1.807) is 0 Å². The number of amides is 1. The van der Waals surface area contributed by atoms with Crippen LogP contribution >= 0.6 is 11.3 Å². The van der Waals surface area contributed by atoms with E-state index in [4.69, 9.17) is 4.74 Å². The molecule has 0 saturated carbocycles. The van der Waals surface area contributed by atoms with Crippen LogP contribution in [0.4, 0.5) is 11.4 Å². The second kappa shape index (κ2) is 6.94. The molecule has 4 nitrogen and oxygen atoms in total. The summed E-state index contributed by atoms with van der Waals surface area (Å²) in [5.41, 5.74) is 2.13. The highest BCUT2D eigenvalue weighted by molar-refractivity contribution is 7.12. The van der Waals surface area contributed by atoms with Gasteiger partial charge in [-0.3, -0.25) is 4.79 Å². The van der Waals surface area contributed by atoms with E-state index in [0.29, 0.717) is 6.54 Å². The van der Waals surface area contributed by atoms with Crippen molar-refractivity contribution in [3.05, 3.63) is 46.7 Å². The molecule has 22 heavy (non-hydrogen) atoms. The fraction of sp³-hybridized carbons (Fsp3) is 0.353. The minimum Gasteiger partial charge on any atom is -0.378 e. The van der Waals surface area contributed by atoms with Crippen molar-refractivity contribution in [2.75, 3.05) is 42.6 Å². The van der Waals surface area contributed by atoms with E-state index in [-0.39, 0.29) is 5.91 Å². The molecular formula is C17H20N2O2S. The van der Waals surface area contributed by atoms with Crippen molar-refractivity contribution in [1.29, 1.82) is 0 Å². The molecule has 0 unspecified atom stereocenters. The number of anilines is 2. The first-order chi connectivity index (χ1) is 10.8. The molecule has 1 saturated heterocycles. The lowest BCUT2D eigenvalue weighted by Gasteiger charge is -2.29. The summed E-state index contributed by atoms with van der Waals surface area (Å²) in [6.07, 6.45) is 0. The van der Waals surface area contributed by atoms with Gasteiger partial charge in [0, 0.05) is 31.0 Å². The maximum atomic E-state index is 12.5. The molecule has 0 atom stereocenters. The van der Waals surface area contributed by atoms with Gasteiger partial charge >= 0.3 is 0 Å². The Balaban J connectivity index is 1.76. The SMILES string of the molecule is CCN(C(=O)c1cccs1)c1ccc(N2CCOCC2)cc1. The van der Waals surface area contributed by atoms with E-state index >= 15 is 0 Å². The van der Waals surface area contributed by atoms with Gasteiger partial charge in [-0.25, -0.2) is 0 Å². The highest BCUT2D eigenvalue weighted by Crippen LogP contribution is 2.24. The lowest BCUT2D eigenvalue weighted by atomic mass is 10.2. The number of rotatable bonds is 4. The number of hydrogen-bond acceptors (Lipinski definition) is 4.